The zero-order chi connectivity index (χ0) is 31.5. The van der Waals surface area contributed by atoms with Crippen molar-refractivity contribution in [3.63, 3.8) is 0 Å². The summed E-state index contributed by atoms with van der Waals surface area (Å²) in [6, 6.07) is 18.4. The third kappa shape index (κ3) is 6.42. The van der Waals surface area contributed by atoms with Crippen molar-refractivity contribution in [3.05, 3.63) is 72.4 Å². The first-order valence-corrected chi connectivity index (χ1v) is 15.8. The van der Waals surface area contributed by atoms with Gasteiger partial charge < -0.3 is 30.7 Å². The number of carbonyl (C=O) groups is 2. The molecule has 3 heterocycles. The Hall–Kier alpha value is -4.70. The maximum Gasteiger partial charge on any atom is 0.407 e. The molecule has 1 aliphatic rings. The summed E-state index contributed by atoms with van der Waals surface area (Å²) in [5.74, 6) is 1.56. The van der Waals surface area contributed by atoms with Crippen LogP contribution in [0.15, 0.2) is 60.8 Å². The van der Waals surface area contributed by atoms with Crippen LogP contribution < -0.4 is 11.1 Å². The van der Waals surface area contributed by atoms with Gasteiger partial charge in [0, 0.05) is 18.5 Å². The normalized spacial score (nSPS) is 15.7. The van der Waals surface area contributed by atoms with Gasteiger partial charge in [0.1, 0.15) is 17.7 Å². The second kappa shape index (κ2) is 13.1. The summed E-state index contributed by atoms with van der Waals surface area (Å²) in [6.07, 6.45) is 5.91. The Labute approximate surface area is 262 Å². The highest BCUT2D eigenvalue weighted by molar-refractivity contribution is 5.92. The van der Waals surface area contributed by atoms with Crippen LogP contribution in [0.25, 0.3) is 44.2 Å². The number of imidazole rings is 2. The van der Waals surface area contributed by atoms with E-state index in [-0.39, 0.29) is 17.9 Å². The number of rotatable bonds is 10. The first kappa shape index (κ1) is 30.3. The summed E-state index contributed by atoms with van der Waals surface area (Å²) in [5, 5.41) is 5.03. The summed E-state index contributed by atoms with van der Waals surface area (Å²) in [5.41, 5.74) is 11.7. The van der Waals surface area contributed by atoms with Crippen molar-refractivity contribution in [1.29, 1.82) is 0 Å². The number of nitrogens with one attached hydrogen (secondary N) is 3. The molecule has 2 unspecified atom stereocenters. The quantitative estimate of drug-likeness (QED) is 0.141. The number of ether oxygens (including phenoxy) is 1. The van der Waals surface area contributed by atoms with Gasteiger partial charge in [-0.1, -0.05) is 44.2 Å². The van der Waals surface area contributed by atoms with Crippen LogP contribution >= 0.6 is 0 Å². The van der Waals surface area contributed by atoms with Gasteiger partial charge in [0.15, 0.2) is 0 Å². The monoisotopic (exact) mass is 607 g/mol. The van der Waals surface area contributed by atoms with Gasteiger partial charge >= 0.3 is 6.09 Å². The molecule has 0 spiro atoms. The van der Waals surface area contributed by atoms with Crippen molar-refractivity contribution >= 4 is 33.8 Å². The van der Waals surface area contributed by atoms with Crippen LogP contribution in [0.2, 0.25) is 0 Å². The maximum atomic E-state index is 13.5. The summed E-state index contributed by atoms with van der Waals surface area (Å²) in [7, 11) is 1.30. The fourth-order valence-corrected chi connectivity index (χ4v) is 6.23. The number of methoxy groups -OCH3 is 1. The Morgan fingerprint density at radius 3 is 2.51 bits per heavy atom. The van der Waals surface area contributed by atoms with E-state index < -0.39 is 12.1 Å². The van der Waals surface area contributed by atoms with E-state index in [1.807, 2.05) is 31.0 Å². The van der Waals surface area contributed by atoms with Crippen molar-refractivity contribution in [3.8, 4) is 22.4 Å². The minimum atomic E-state index is -0.665. The molecule has 5 aromatic rings. The third-order valence-electron chi connectivity index (χ3n) is 8.72. The molecular weight excluding hydrogens is 566 g/mol. The lowest BCUT2D eigenvalue weighted by Gasteiger charge is -2.29. The number of alkyl carbamates (subject to hydrolysis) is 1. The van der Waals surface area contributed by atoms with Crippen molar-refractivity contribution < 1.29 is 14.3 Å². The number of hydrogen-bond acceptors (Lipinski definition) is 6. The topological polar surface area (TPSA) is 142 Å². The number of carbonyl (C=O) groups excluding carboxylic acids is 2. The number of unbranched alkanes of at least 4 members (excludes halogenated alkanes) is 1. The number of nitrogens with two attached hydrogens (primary N) is 1. The van der Waals surface area contributed by atoms with E-state index in [0.29, 0.717) is 13.1 Å². The predicted molar refractivity (Wildman–Crippen MR) is 176 cm³/mol. The number of aromatic amines is 2. The third-order valence-corrected chi connectivity index (χ3v) is 8.72. The van der Waals surface area contributed by atoms with Gasteiger partial charge in [-0.2, -0.15) is 0 Å². The number of likely N-dealkylation sites (tertiary alicyclic amines) is 1. The van der Waals surface area contributed by atoms with Crippen molar-refractivity contribution in [2.45, 2.75) is 58.0 Å². The maximum absolute atomic E-state index is 13.5. The lowest BCUT2D eigenvalue weighted by atomic mass is 9.99. The van der Waals surface area contributed by atoms with Gasteiger partial charge in [-0.25, -0.2) is 14.8 Å². The predicted octanol–water partition coefficient (Wildman–Crippen LogP) is 6.10. The number of aromatic nitrogens is 4. The molecule has 10 heteroatoms. The summed E-state index contributed by atoms with van der Waals surface area (Å²) in [4.78, 5) is 43.7. The lowest BCUT2D eigenvalue weighted by molar-refractivity contribution is -0.135. The van der Waals surface area contributed by atoms with Crippen LogP contribution in [0.3, 0.4) is 0 Å². The molecule has 0 radical (unpaired) electrons. The molecule has 6 rings (SSSR count). The molecule has 1 fully saturated rings. The van der Waals surface area contributed by atoms with E-state index in [0.717, 1.165) is 87.9 Å². The van der Waals surface area contributed by atoms with E-state index in [2.05, 4.69) is 68.8 Å². The molecule has 2 aromatic heterocycles. The van der Waals surface area contributed by atoms with Crippen LogP contribution in [0, 0.1) is 5.92 Å². The van der Waals surface area contributed by atoms with Crippen molar-refractivity contribution in [1.82, 2.24) is 30.2 Å². The number of hydrogen-bond donors (Lipinski definition) is 4. The van der Waals surface area contributed by atoms with Gasteiger partial charge in [0.05, 0.1) is 36.1 Å². The minimum absolute atomic E-state index is 0.0838. The summed E-state index contributed by atoms with van der Waals surface area (Å²) in [6.45, 7) is 5.15. The average molecular weight is 608 g/mol. The van der Waals surface area contributed by atoms with Crippen molar-refractivity contribution in [2.24, 2.45) is 11.7 Å². The van der Waals surface area contributed by atoms with Gasteiger partial charge in [-0.15, -0.1) is 0 Å². The number of fused-ring (bicyclic) bond motifs is 2. The van der Waals surface area contributed by atoms with Gasteiger partial charge in [0.2, 0.25) is 5.91 Å². The van der Waals surface area contributed by atoms with E-state index in [1.54, 1.807) is 0 Å². The lowest BCUT2D eigenvalue weighted by Crippen LogP contribution is -2.51. The molecule has 1 saturated heterocycles. The first-order chi connectivity index (χ1) is 21.8. The average Bonchev–Trinajstić information content (AvgIpc) is 3.82. The van der Waals surface area contributed by atoms with E-state index in [9.17, 15) is 9.59 Å². The molecule has 2 atom stereocenters. The Morgan fingerprint density at radius 2 is 1.76 bits per heavy atom. The molecule has 10 nitrogen and oxygen atoms in total. The van der Waals surface area contributed by atoms with Gasteiger partial charge in [-0.05, 0) is 84.3 Å². The zero-order valence-corrected chi connectivity index (χ0v) is 26.1. The highest BCUT2D eigenvalue weighted by atomic mass is 16.5. The highest BCUT2D eigenvalue weighted by Gasteiger charge is 2.37. The smallest absolute Gasteiger partial charge is 0.407 e. The molecule has 3 aromatic carbocycles. The van der Waals surface area contributed by atoms with Crippen LogP contribution in [-0.2, 0) is 16.0 Å². The standard InChI is InChI=1S/C35H41N7O3/c1-21(2)32(41-35(44)45-3)34(43)42-16-6-7-30(42)33-39-27-14-13-25(19-28(27)40-33)23-9-10-24-18-26(12-11-22(24)17-23)29-20-37-31(38-29)8-4-5-15-36/h9-14,17-21,30,32H,4-8,15-16,36H2,1-3H3,(H,37,38)(H,39,40)(H,41,44). The van der Waals surface area contributed by atoms with Crippen molar-refractivity contribution in [2.75, 3.05) is 20.2 Å². The number of aryl methyl sites for hydroxylation is 1. The highest BCUT2D eigenvalue weighted by Crippen LogP contribution is 2.34. The molecule has 45 heavy (non-hydrogen) atoms. The Bertz CT molecular complexity index is 1820. The summed E-state index contributed by atoms with van der Waals surface area (Å²) >= 11 is 0. The molecular formula is C35H41N7O3. The molecule has 1 aliphatic heterocycles. The Balaban J connectivity index is 1.21. The number of H-pyrrole nitrogens is 2. The summed E-state index contributed by atoms with van der Waals surface area (Å²) < 4.78 is 4.76. The second-order valence-electron chi connectivity index (χ2n) is 12.2. The van der Waals surface area contributed by atoms with E-state index in [4.69, 9.17) is 15.5 Å². The fraction of sp³-hybridized carbons (Fsp3) is 0.371. The molecule has 5 N–H and O–H groups in total. The molecule has 0 saturated carbocycles. The number of benzene rings is 3. The molecule has 234 valence electrons. The van der Waals surface area contributed by atoms with Crippen LogP contribution in [0.1, 0.15) is 57.2 Å². The van der Waals surface area contributed by atoms with E-state index >= 15 is 0 Å². The Kier molecular flexibility index (Phi) is 8.84. The first-order valence-electron chi connectivity index (χ1n) is 15.8. The van der Waals surface area contributed by atoms with Gasteiger partial charge in [0.25, 0.3) is 0 Å². The van der Waals surface area contributed by atoms with Crippen LogP contribution in [0.4, 0.5) is 4.79 Å². The zero-order valence-electron chi connectivity index (χ0n) is 26.1. The number of amides is 2. The SMILES string of the molecule is COC(=O)NC(C(=O)N1CCCC1c1nc2ccc(-c3ccc4cc(-c5cnc(CCCCN)[nH]5)ccc4c3)cc2[nH]1)C(C)C. The fourth-order valence-electron chi connectivity index (χ4n) is 6.23. The molecule has 2 amide bonds. The van der Waals surface area contributed by atoms with E-state index in [1.165, 1.54) is 7.11 Å². The molecule has 0 aliphatic carbocycles. The van der Waals surface area contributed by atoms with Crippen LogP contribution in [-0.4, -0.2) is 63.1 Å². The Morgan fingerprint density at radius 1 is 1.02 bits per heavy atom. The number of nitrogens with zero attached hydrogens (tertiary/aromatic N) is 3. The largest absolute Gasteiger partial charge is 0.453 e. The minimum Gasteiger partial charge on any atom is -0.453 e. The van der Waals surface area contributed by atoms with Gasteiger partial charge in [-0.3, -0.25) is 4.79 Å². The van der Waals surface area contributed by atoms with Crippen LogP contribution in [0.5, 0.6) is 0 Å². The second-order valence-corrected chi connectivity index (χ2v) is 12.2. The molecule has 0 bridgehead atoms.